The largest absolute Gasteiger partial charge is 0.464 e. The van der Waals surface area contributed by atoms with Crippen LogP contribution >= 0.6 is 0 Å². The molecule has 9 nitrogen and oxygen atoms in total. The first kappa shape index (κ1) is 27.9. The number of hydrogen-bond donors (Lipinski definition) is 0. The molecule has 2 fully saturated rings. The third kappa shape index (κ3) is 7.20. The van der Waals surface area contributed by atoms with Gasteiger partial charge in [0.05, 0.1) is 38.4 Å². The van der Waals surface area contributed by atoms with Crippen molar-refractivity contribution in [3.8, 4) is 0 Å². The van der Waals surface area contributed by atoms with Gasteiger partial charge in [-0.1, -0.05) is 30.3 Å². The number of rotatable bonds is 9. The third-order valence-electron chi connectivity index (χ3n) is 6.60. The van der Waals surface area contributed by atoms with Gasteiger partial charge in [-0.2, -0.15) is 0 Å². The van der Waals surface area contributed by atoms with Gasteiger partial charge in [0, 0.05) is 26.1 Å². The highest BCUT2D eigenvalue weighted by Crippen LogP contribution is 2.31. The predicted molar refractivity (Wildman–Crippen MR) is 133 cm³/mol. The fourth-order valence-corrected chi connectivity index (χ4v) is 4.86. The molecule has 0 radical (unpaired) electrons. The first-order valence-corrected chi connectivity index (χ1v) is 12.7. The van der Waals surface area contributed by atoms with Gasteiger partial charge in [-0.25, -0.2) is 9.59 Å². The molecule has 2 aliphatic rings. The molecule has 200 valence electrons. The van der Waals surface area contributed by atoms with Crippen molar-refractivity contribution in [2.24, 2.45) is 11.8 Å². The molecule has 2 aliphatic heterocycles. The maximum atomic E-state index is 13.8. The summed E-state index contributed by atoms with van der Waals surface area (Å²) in [7, 11) is 1.64. The first-order valence-electron chi connectivity index (χ1n) is 12.7. The van der Waals surface area contributed by atoms with Crippen LogP contribution in [0.2, 0.25) is 0 Å². The van der Waals surface area contributed by atoms with E-state index in [-0.39, 0.29) is 25.0 Å². The third-order valence-corrected chi connectivity index (χ3v) is 6.60. The second kappa shape index (κ2) is 12.5. The van der Waals surface area contributed by atoms with Gasteiger partial charge < -0.3 is 28.7 Å². The Morgan fingerprint density at radius 1 is 1.17 bits per heavy atom. The lowest BCUT2D eigenvalue weighted by Crippen LogP contribution is -2.53. The van der Waals surface area contributed by atoms with E-state index in [0.717, 1.165) is 5.56 Å². The average molecular weight is 505 g/mol. The first-order chi connectivity index (χ1) is 17.1. The molecule has 4 atom stereocenters. The highest BCUT2D eigenvalue weighted by atomic mass is 16.6. The van der Waals surface area contributed by atoms with Crippen molar-refractivity contribution >= 4 is 18.0 Å². The minimum absolute atomic E-state index is 0.130. The number of amides is 2. The standard InChI is InChI=1S/C27H40N2O7/c1-6-35-25(31)23(20-13-15-33-17-20)28(5)24(30)21-12-14-29(26(32)36-27(2,3)4)22(21)18-34-16-19-10-8-7-9-11-19/h7-11,20-23H,6,12-18H2,1-5H3/t20-,21-,22+,23-/m0/s1. The zero-order valence-corrected chi connectivity index (χ0v) is 22.1. The van der Waals surface area contributed by atoms with Crippen LogP contribution in [0, 0.1) is 11.8 Å². The van der Waals surface area contributed by atoms with E-state index < -0.39 is 35.7 Å². The molecule has 9 heteroatoms. The van der Waals surface area contributed by atoms with Crippen molar-refractivity contribution in [3.63, 3.8) is 0 Å². The van der Waals surface area contributed by atoms with Crippen LogP contribution in [0.1, 0.15) is 46.1 Å². The monoisotopic (exact) mass is 504 g/mol. The van der Waals surface area contributed by atoms with Crippen LogP contribution in [-0.2, 0) is 35.1 Å². The number of likely N-dealkylation sites (tertiary alicyclic amines) is 1. The molecular formula is C27H40N2O7. The van der Waals surface area contributed by atoms with E-state index in [2.05, 4.69) is 0 Å². The summed E-state index contributed by atoms with van der Waals surface area (Å²) in [5.74, 6) is -1.30. The van der Waals surface area contributed by atoms with Gasteiger partial charge in [0.15, 0.2) is 0 Å². The summed E-state index contributed by atoms with van der Waals surface area (Å²) in [6.45, 7) is 9.28. The fourth-order valence-electron chi connectivity index (χ4n) is 4.86. The van der Waals surface area contributed by atoms with Crippen LogP contribution in [0.5, 0.6) is 0 Å². The summed E-state index contributed by atoms with van der Waals surface area (Å²) in [5, 5.41) is 0. The van der Waals surface area contributed by atoms with Gasteiger partial charge >= 0.3 is 12.1 Å². The zero-order chi connectivity index (χ0) is 26.3. The summed E-state index contributed by atoms with van der Waals surface area (Å²) >= 11 is 0. The van der Waals surface area contributed by atoms with Crippen LogP contribution in [0.25, 0.3) is 0 Å². The topological polar surface area (TPSA) is 94.6 Å². The lowest BCUT2D eigenvalue weighted by Gasteiger charge is -2.34. The van der Waals surface area contributed by atoms with Crippen molar-refractivity contribution < 1.29 is 33.3 Å². The van der Waals surface area contributed by atoms with E-state index >= 15 is 0 Å². The van der Waals surface area contributed by atoms with Gasteiger partial charge in [-0.05, 0) is 46.1 Å². The van der Waals surface area contributed by atoms with Crippen molar-refractivity contribution in [2.45, 2.75) is 64.8 Å². The second-order valence-electron chi connectivity index (χ2n) is 10.4. The Balaban J connectivity index is 1.78. The van der Waals surface area contributed by atoms with Crippen molar-refractivity contribution in [3.05, 3.63) is 35.9 Å². The smallest absolute Gasteiger partial charge is 0.410 e. The number of benzene rings is 1. The molecule has 0 saturated carbocycles. The molecule has 0 N–H and O–H groups in total. The highest BCUT2D eigenvalue weighted by molar-refractivity contribution is 5.87. The molecule has 0 bridgehead atoms. The summed E-state index contributed by atoms with van der Waals surface area (Å²) in [6.07, 6.45) is 0.664. The van der Waals surface area contributed by atoms with Gasteiger partial charge in [-0.3, -0.25) is 4.79 Å². The van der Waals surface area contributed by atoms with Crippen LogP contribution in [0.3, 0.4) is 0 Å². The fraction of sp³-hybridized carbons (Fsp3) is 0.667. The lowest BCUT2D eigenvalue weighted by molar-refractivity contribution is -0.158. The molecule has 0 unspecified atom stereocenters. The molecule has 1 aromatic rings. The normalized spacial score (nSPS) is 22.8. The molecule has 0 spiro atoms. The molecule has 3 rings (SSSR count). The maximum Gasteiger partial charge on any atom is 0.410 e. The minimum Gasteiger partial charge on any atom is -0.464 e. The Morgan fingerprint density at radius 3 is 2.50 bits per heavy atom. The minimum atomic E-state index is -0.735. The number of likely N-dealkylation sites (N-methyl/N-ethyl adjacent to an activating group) is 1. The summed E-state index contributed by atoms with van der Waals surface area (Å²) in [6, 6.07) is 8.48. The Bertz CT molecular complexity index is 880. The van der Waals surface area contributed by atoms with Crippen molar-refractivity contribution in [1.29, 1.82) is 0 Å². The SMILES string of the molecule is CCOC(=O)[C@H]([C@H]1CCOC1)N(C)C(=O)[C@H]1CCN(C(=O)OC(C)(C)C)[C@@H]1COCc1ccccc1. The van der Waals surface area contributed by atoms with Gasteiger partial charge in [0.25, 0.3) is 0 Å². The van der Waals surface area contributed by atoms with E-state index in [4.69, 9.17) is 18.9 Å². The van der Waals surface area contributed by atoms with Crippen molar-refractivity contribution in [1.82, 2.24) is 9.80 Å². The van der Waals surface area contributed by atoms with Crippen LogP contribution < -0.4 is 0 Å². The van der Waals surface area contributed by atoms with Crippen LogP contribution in [0.4, 0.5) is 4.79 Å². The Kier molecular flexibility index (Phi) is 9.73. The second-order valence-corrected chi connectivity index (χ2v) is 10.4. The number of hydrogen-bond acceptors (Lipinski definition) is 7. The number of carbonyl (C=O) groups is 3. The predicted octanol–water partition coefficient (Wildman–Crippen LogP) is 3.26. The highest BCUT2D eigenvalue weighted by Gasteiger charge is 2.47. The van der Waals surface area contributed by atoms with Crippen molar-refractivity contribution in [2.75, 3.05) is 40.0 Å². The van der Waals surface area contributed by atoms with E-state index in [0.29, 0.717) is 39.2 Å². The molecule has 2 saturated heterocycles. The van der Waals surface area contributed by atoms with Crippen LogP contribution in [0.15, 0.2) is 30.3 Å². The Morgan fingerprint density at radius 2 is 1.89 bits per heavy atom. The molecule has 0 aliphatic carbocycles. The maximum absolute atomic E-state index is 13.8. The Hall–Kier alpha value is -2.65. The van der Waals surface area contributed by atoms with Crippen LogP contribution in [-0.4, -0.2) is 85.5 Å². The van der Waals surface area contributed by atoms with E-state index in [1.807, 2.05) is 51.1 Å². The summed E-state index contributed by atoms with van der Waals surface area (Å²) in [4.78, 5) is 42.7. The number of carbonyl (C=O) groups excluding carboxylic acids is 3. The Labute approximate surface area is 214 Å². The zero-order valence-electron chi connectivity index (χ0n) is 22.1. The van der Waals surface area contributed by atoms with Gasteiger partial charge in [0.1, 0.15) is 11.6 Å². The van der Waals surface area contributed by atoms with E-state index in [1.54, 1.807) is 18.9 Å². The molecule has 1 aromatic carbocycles. The lowest BCUT2D eigenvalue weighted by atomic mass is 9.94. The molecular weight excluding hydrogens is 464 g/mol. The number of nitrogens with zero attached hydrogens (tertiary/aromatic N) is 2. The van der Waals surface area contributed by atoms with Gasteiger partial charge in [-0.15, -0.1) is 0 Å². The molecule has 2 heterocycles. The van der Waals surface area contributed by atoms with E-state index in [1.165, 1.54) is 4.90 Å². The average Bonchev–Trinajstić information content (AvgIpc) is 3.49. The summed E-state index contributed by atoms with van der Waals surface area (Å²) < 4.78 is 22.4. The van der Waals surface area contributed by atoms with E-state index in [9.17, 15) is 14.4 Å². The number of ether oxygens (including phenoxy) is 4. The van der Waals surface area contributed by atoms with Gasteiger partial charge in [0.2, 0.25) is 5.91 Å². The molecule has 2 amide bonds. The summed E-state index contributed by atoms with van der Waals surface area (Å²) in [5.41, 5.74) is 0.339. The number of esters is 1. The molecule has 36 heavy (non-hydrogen) atoms. The molecule has 0 aromatic heterocycles. The quantitative estimate of drug-likeness (QED) is 0.477.